The predicted octanol–water partition coefficient (Wildman–Crippen LogP) is 5.42. The average Bonchev–Trinajstić information content (AvgIpc) is 3.08. The van der Waals surface area contributed by atoms with Crippen LogP contribution in [-0.4, -0.2) is 29.1 Å². The van der Waals surface area contributed by atoms with Gasteiger partial charge in [-0.2, -0.15) is 0 Å². The van der Waals surface area contributed by atoms with Gasteiger partial charge in [-0.25, -0.2) is 0 Å². The molecule has 1 aromatic heterocycles. The number of hydrogen-bond acceptors (Lipinski definition) is 3. The van der Waals surface area contributed by atoms with Crippen LogP contribution in [0.3, 0.4) is 0 Å². The second-order valence-corrected chi connectivity index (χ2v) is 8.52. The number of phenolic OH excluding ortho intramolecular Hbond substituents is 1. The van der Waals surface area contributed by atoms with Gasteiger partial charge in [-0.05, 0) is 73.4 Å². The number of phenols is 1. The maximum Gasteiger partial charge on any atom is 0.119 e. The minimum atomic E-state index is 0.480. The van der Waals surface area contributed by atoms with Crippen molar-refractivity contribution in [1.29, 1.82) is 0 Å². The van der Waals surface area contributed by atoms with E-state index in [0.717, 1.165) is 38.8 Å². The molecule has 1 aliphatic carbocycles. The van der Waals surface area contributed by atoms with E-state index in [1.54, 1.807) is 0 Å². The van der Waals surface area contributed by atoms with Crippen molar-refractivity contribution in [2.75, 3.05) is 13.1 Å². The summed E-state index contributed by atoms with van der Waals surface area (Å²) in [6.07, 6.45) is 5.53. The molecule has 1 aliphatic rings. The lowest BCUT2D eigenvalue weighted by atomic mass is 9.86. The van der Waals surface area contributed by atoms with Gasteiger partial charge in [0, 0.05) is 22.2 Å². The Bertz CT molecular complexity index is 852. The maximum absolute atomic E-state index is 10.1. The normalized spacial score (nSPS) is 16.9. The number of aromatic hydroxyl groups is 1. The molecular weight excluding hydrogens is 338 g/mol. The average molecular weight is 366 g/mol. The van der Waals surface area contributed by atoms with Crippen LogP contribution in [0.15, 0.2) is 48.5 Å². The van der Waals surface area contributed by atoms with Crippen LogP contribution in [0.2, 0.25) is 0 Å². The molecule has 0 saturated heterocycles. The lowest BCUT2D eigenvalue weighted by Gasteiger charge is -2.35. The standard InChI is InChI=1S/C23H27NOS/c1-2-13-24(14-12-20-16-18-6-3-4-9-23(18)26-20)19-10-11-21-17(15-19)7-5-8-22(21)25/h3-9,16,19,25H,2,10-15H2,1H3. The van der Waals surface area contributed by atoms with Crippen LogP contribution < -0.4 is 0 Å². The van der Waals surface area contributed by atoms with Gasteiger partial charge in [-0.3, -0.25) is 4.90 Å². The van der Waals surface area contributed by atoms with E-state index in [1.807, 2.05) is 23.5 Å². The van der Waals surface area contributed by atoms with Crippen molar-refractivity contribution in [3.63, 3.8) is 0 Å². The summed E-state index contributed by atoms with van der Waals surface area (Å²) in [5.41, 5.74) is 2.51. The topological polar surface area (TPSA) is 23.5 Å². The fraction of sp³-hybridized carbons (Fsp3) is 0.391. The van der Waals surface area contributed by atoms with Crippen molar-refractivity contribution in [1.82, 2.24) is 4.90 Å². The highest BCUT2D eigenvalue weighted by atomic mass is 32.1. The number of thiophene rings is 1. The first-order chi connectivity index (χ1) is 12.7. The minimum Gasteiger partial charge on any atom is -0.508 e. The van der Waals surface area contributed by atoms with Gasteiger partial charge >= 0.3 is 0 Å². The van der Waals surface area contributed by atoms with Crippen LogP contribution in [0.1, 0.15) is 35.8 Å². The molecule has 4 rings (SSSR count). The first-order valence-electron chi connectivity index (χ1n) is 9.76. The van der Waals surface area contributed by atoms with Crippen molar-refractivity contribution in [3.05, 3.63) is 64.5 Å². The van der Waals surface area contributed by atoms with Crippen LogP contribution >= 0.6 is 11.3 Å². The Morgan fingerprint density at radius 3 is 2.85 bits per heavy atom. The van der Waals surface area contributed by atoms with Crippen molar-refractivity contribution in [2.24, 2.45) is 0 Å². The first kappa shape index (κ1) is 17.6. The molecule has 1 heterocycles. The summed E-state index contributed by atoms with van der Waals surface area (Å²) in [4.78, 5) is 4.17. The van der Waals surface area contributed by atoms with E-state index in [9.17, 15) is 5.11 Å². The van der Waals surface area contributed by atoms with Gasteiger partial charge in [-0.1, -0.05) is 37.3 Å². The Hall–Kier alpha value is -1.84. The third kappa shape index (κ3) is 3.65. The van der Waals surface area contributed by atoms with Gasteiger partial charge in [0.05, 0.1) is 0 Å². The van der Waals surface area contributed by atoms with E-state index in [4.69, 9.17) is 0 Å². The zero-order valence-corrected chi connectivity index (χ0v) is 16.3. The minimum absolute atomic E-state index is 0.480. The van der Waals surface area contributed by atoms with Crippen molar-refractivity contribution in [2.45, 2.75) is 45.1 Å². The quantitative estimate of drug-likeness (QED) is 0.630. The molecule has 1 N–H and O–H groups in total. The van der Waals surface area contributed by atoms with E-state index in [-0.39, 0.29) is 0 Å². The summed E-state index contributed by atoms with van der Waals surface area (Å²) in [5, 5.41) is 11.5. The number of hydrogen-bond donors (Lipinski definition) is 1. The molecular formula is C23H27NOS. The highest BCUT2D eigenvalue weighted by Gasteiger charge is 2.25. The second kappa shape index (κ2) is 7.81. The van der Waals surface area contributed by atoms with E-state index in [1.165, 1.54) is 32.5 Å². The molecule has 136 valence electrons. The molecule has 0 spiro atoms. The third-order valence-corrected chi connectivity index (χ3v) is 6.76. The molecule has 0 fully saturated rings. The number of fused-ring (bicyclic) bond motifs is 2. The smallest absolute Gasteiger partial charge is 0.119 e. The number of rotatable bonds is 6. The summed E-state index contributed by atoms with van der Waals surface area (Å²) in [6, 6.07) is 17.6. The van der Waals surface area contributed by atoms with Gasteiger partial charge in [0.15, 0.2) is 0 Å². The van der Waals surface area contributed by atoms with Crippen LogP contribution in [0, 0.1) is 0 Å². The molecule has 26 heavy (non-hydrogen) atoms. The number of benzene rings is 2. The maximum atomic E-state index is 10.1. The Kier molecular flexibility index (Phi) is 5.28. The van der Waals surface area contributed by atoms with Gasteiger partial charge < -0.3 is 5.11 Å². The molecule has 0 amide bonds. The van der Waals surface area contributed by atoms with Gasteiger partial charge in [0.2, 0.25) is 0 Å². The molecule has 2 aromatic carbocycles. The lowest BCUT2D eigenvalue weighted by molar-refractivity contribution is 0.181. The first-order valence-corrected chi connectivity index (χ1v) is 10.6. The van der Waals surface area contributed by atoms with Crippen LogP contribution in [0.4, 0.5) is 0 Å². The SMILES string of the molecule is CCCN(CCc1cc2ccccc2s1)C1CCc2c(O)cccc2C1. The van der Waals surface area contributed by atoms with Gasteiger partial charge in [0.25, 0.3) is 0 Å². The highest BCUT2D eigenvalue weighted by molar-refractivity contribution is 7.19. The molecule has 1 atom stereocenters. The summed E-state index contributed by atoms with van der Waals surface area (Å²) < 4.78 is 1.40. The Morgan fingerprint density at radius 2 is 2.00 bits per heavy atom. The summed E-state index contributed by atoms with van der Waals surface area (Å²) >= 11 is 1.93. The Labute approximate surface area is 160 Å². The highest BCUT2D eigenvalue weighted by Crippen LogP contribution is 2.31. The molecule has 2 nitrogen and oxygen atoms in total. The molecule has 0 bridgehead atoms. The summed E-state index contributed by atoms with van der Waals surface area (Å²) in [7, 11) is 0. The molecule has 3 aromatic rings. The van der Waals surface area contributed by atoms with Crippen LogP contribution in [-0.2, 0) is 19.3 Å². The molecule has 1 unspecified atom stereocenters. The van der Waals surface area contributed by atoms with E-state index in [2.05, 4.69) is 48.2 Å². The third-order valence-electron chi connectivity index (χ3n) is 5.58. The van der Waals surface area contributed by atoms with E-state index in [0.29, 0.717) is 11.8 Å². The van der Waals surface area contributed by atoms with Crippen molar-refractivity contribution >= 4 is 21.4 Å². The summed E-state index contributed by atoms with van der Waals surface area (Å²) in [6.45, 7) is 4.55. The molecule has 3 heteroatoms. The van der Waals surface area contributed by atoms with Crippen LogP contribution in [0.5, 0.6) is 5.75 Å². The second-order valence-electron chi connectivity index (χ2n) is 7.35. The predicted molar refractivity (Wildman–Crippen MR) is 111 cm³/mol. The Balaban J connectivity index is 1.45. The van der Waals surface area contributed by atoms with Gasteiger partial charge in [-0.15, -0.1) is 11.3 Å². The van der Waals surface area contributed by atoms with Crippen molar-refractivity contribution in [3.8, 4) is 5.75 Å². The molecule has 0 saturated carbocycles. The zero-order chi connectivity index (χ0) is 17.9. The van der Waals surface area contributed by atoms with E-state index >= 15 is 0 Å². The van der Waals surface area contributed by atoms with E-state index < -0.39 is 0 Å². The summed E-state index contributed by atoms with van der Waals surface area (Å²) in [5.74, 6) is 0.480. The van der Waals surface area contributed by atoms with Crippen molar-refractivity contribution < 1.29 is 5.11 Å². The zero-order valence-electron chi connectivity index (χ0n) is 15.4. The largest absolute Gasteiger partial charge is 0.508 e. The fourth-order valence-corrected chi connectivity index (χ4v) is 5.31. The molecule has 0 aliphatic heterocycles. The fourth-order valence-electron chi connectivity index (χ4n) is 4.26. The molecule has 0 radical (unpaired) electrons. The monoisotopic (exact) mass is 365 g/mol. The van der Waals surface area contributed by atoms with Crippen LogP contribution in [0.25, 0.3) is 10.1 Å². The number of nitrogens with zero attached hydrogens (tertiary/aromatic N) is 1. The Morgan fingerprint density at radius 1 is 1.12 bits per heavy atom. The van der Waals surface area contributed by atoms with Gasteiger partial charge in [0.1, 0.15) is 5.75 Å². The lowest BCUT2D eigenvalue weighted by Crippen LogP contribution is -2.41.